The van der Waals surface area contributed by atoms with E-state index in [4.69, 9.17) is 4.74 Å². The fourth-order valence-corrected chi connectivity index (χ4v) is 2.07. The second kappa shape index (κ2) is 6.68. The van der Waals surface area contributed by atoms with Crippen molar-refractivity contribution in [3.63, 3.8) is 0 Å². The molecule has 0 spiro atoms. The highest BCUT2D eigenvalue weighted by atomic mass is 32.2. The Labute approximate surface area is 85.0 Å². The SMILES string of the molecule is CSCCCOC1CCC(O)CC1. The Bertz CT molecular complexity index is 122. The van der Waals surface area contributed by atoms with Crippen molar-refractivity contribution < 1.29 is 9.84 Å². The van der Waals surface area contributed by atoms with Gasteiger partial charge in [0.25, 0.3) is 0 Å². The van der Waals surface area contributed by atoms with Gasteiger partial charge in [-0.15, -0.1) is 0 Å². The summed E-state index contributed by atoms with van der Waals surface area (Å²) in [6.07, 6.45) is 7.56. The summed E-state index contributed by atoms with van der Waals surface area (Å²) in [5, 5.41) is 9.28. The smallest absolute Gasteiger partial charge is 0.0577 e. The van der Waals surface area contributed by atoms with Gasteiger partial charge in [0.05, 0.1) is 12.2 Å². The molecule has 13 heavy (non-hydrogen) atoms. The first-order valence-corrected chi connectivity index (χ1v) is 6.51. The van der Waals surface area contributed by atoms with Crippen molar-refractivity contribution in [3.8, 4) is 0 Å². The molecule has 0 aliphatic heterocycles. The summed E-state index contributed by atoms with van der Waals surface area (Å²) < 4.78 is 5.71. The molecule has 2 nitrogen and oxygen atoms in total. The standard InChI is InChI=1S/C10H20O2S/c1-13-8-2-7-12-10-5-3-9(11)4-6-10/h9-11H,2-8H2,1H3. The number of rotatable bonds is 5. The van der Waals surface area contributed by atoms with E-state index in [0.717, 1.165) is 38.7 Å². The number of aliphatic hydroxyl groups excluding tert-OH is 1. The number of hydrogen-bond acceptors (Lipinski definition) is 3. The van der Waals surface area contributed by atoms with Gasteiger partial charge in [-0.25, -0.2) is 0 Å². The fraction of sp³-hybridized carbons (Fsp3) is 1.00. The van der Waals surface area contributed by atoms with E-state index in [9.17, 15) is 5.11 Å². The van der Waals surface area contributed by atoms with Crippen LogP contribution in [-0.2, 0) is 4.74 Å². The second-order valence-corrected chi connectivity index (χ2v) is 4.63. The molecule has 1 aliphatic carbocycles. The van der Waals surface area contributed by atoms with Gasteiger partial charge in [0.15, 0.2) is 0 Å². The summed E-state index contributed by atoms with van der Waals surface area (Å²) in [5.41, 5.74) is 0. The fourth-order valence-electron chi connectivity index (χ4n) is 1.67. The topological polar surface area (TPSA) is 29.5 Å². The zero-order chi connectivity index (χ0) is 9.52. The van der Waals surface area contributed by atoms with Crippen LogP contribution in [-0.4, -0.2) is 35.9 Å². The molecule has 1 rings (SSSR count). The predicted octanol–water partition coefficient (Wildman–Crippen LogP) is 2.06. The molecule has 1 N–H and O–H groups in total. The average Bonchev–Trinajstić information content (AvgIpc) is 2.15. The maximum absolute atomic E-state index is 9.28. The van der Waals surface area contributed by atoms with Gasteiger partial charge in [0.2, 0.25) is 0 Å². The summed E-state index contributed by atoms with van der Waals surface area (Å²) in [7, 11) is 0. The van der Waals surface area contributed by atoms with Crippen LogP contribution in [0.2, 0.25) is 0 Å². The lowest BCUT2D eigenvalue weighted by Crippen LogP contribution is -2.24. The van der Waals surface area contributed by atoms with Crippen molar-refractivity contribution >= 4 is 11.8 Å². The summed E-state index contributed by atoms with van der Waals surface area (Å²) in [4.78, 5) is 0. The third-order valence-corrected chi connectivity index (χ3v) is 3.19. The molecule has 0 aromatic heterocycles. The van der Waals surface area contributed by atoms with E-state index in [1.54, 1.807) is 0 Å². The molecular weight excluding hydrogens is 184 g/mol. The first-order valence-electron chi connectivity index (χ1n) is 5.11. The number of thioether (sulfide) groups is 1. The van der Waals surface area contributed by atoms with E-state index in [-0.39, 0.29) is 6.10 Å². The van der Waals surface area contributed by atoms with E-state index in [1.165, 1.54) is 5.75 Å². The Morgan fingerprint density at radius 3 is 2.62 bits per heavy atom. The van der Waals surface area contributed by atoms with Crippen molar-refractivity contribution in [2.75, 3.05) is 18.6 Å². The average molecular weight is 204 g/mol. The second-order valence-electron chi connectivity index (χ2n) is 3.65. The summed E-state index contributed by atoms with van der Waals surface area (Å²) in [6, 6.07) is 0. The molecule has 0 aromatic rings. The molecule has 0 unspecified atom stereocenters. The Morgan fingerprint density at radius 2 is 2.00 bits per heavy atom. The Kier molecular flexibility index (Phi) is 5.83. The van der Waals surface area contributed by atoms with Crippen LogP contribution in [0.15, 0.2) is 0 Å². The molecule has 0 atom stereocenters. The van der Waals surface area contributed by atoms with Gasteiger partial charge in [-0.2, -0.15) is 11.8 Å². The van der Waals surface area contributed by atoms with Gasteiger partial charge in [0, 0.05) is 6.61 Å². The van der Waals surface area contributed by atoms with Crippen LogP contribution < -0.4 is 0 Å². The molecule has 1 saturated carbocycles. The summed E-state index contributed by atoms with van der Waals surface area (Å²) in [5.74, 6) is 1.19. The predicted molar refractivity (Wildman–Crippen MR) is 57.2 cm³/mol. The Hall–Kier alpha value is 0.270. The molecule has 3 heteroatoms. The number of hydrogen-bond donors (Lipinski definition) is 1. The van der Waals surface area contributed by atoms with E-state index in [0.29, 0.717) is 6.10 Å². The Balaban J connectivity index is 1.96. The van der Waals surface area contributed by atoms with E-state index in [2.05, 4.69) is 6.26 Å². The molecule has 0 aromatic carbocycles. The Morgan fingerprint density at radius 1 is 1.31 bits per heavy atom. The number of ether oxygens (including phenoxy) is 1. The lowest BCUT2D eigenvalue weighted by molar-refractivity contribution is -0.00248. The first-order chi connectivity index (χ1) is 6.33. The zero-order valence-corrected chi connectivity index (χ0v) is 9.18. The minimum atomic E-state index is -0.0638. The van der Waals surface area contributed by atoms with Crippen LogP contribution in [0.5, 0.6) is 0 Å². The molecule has 1 aliphatic rings. The quantitative estimate of drug-likeness (QED) is 0.695. The molecule has 0 heterocycles. The largest absolute Gasteiger partial charge is 0.393 e. The molecule has 0 amide bonds. The van der Waals surface area contributed by atoms with Crippen LogP contribution in [0.1, 0.15) is 32.1 Å². The van der Waals surface area contributed by atoms with Gasteiger partial charge in [-0.05, 0) is 44.1 Å². The van der Waals surface area contributed by atoms with E-state index in [1.807, 2.05) is 11.8 Å². The van der Waals surface area contributed by atoms with Gasteiger partial charge in [-0.1, -0.05) is 0 Å². The van der Waals surface area contributed by atoms with Crippen molar-refractivity contribution in [2.45, 2.75) is 44.3 Å². The third kappa shape index (κ3) is 4.89. The van der Waals surface area contributed by atoms with Crippen LogP contribution >= 0.6 is 11.8 Å². The molecule has 1 fully saturated rings. The van der Waals surface area contributed by atoms with E-state index >= 15 is 0 Å². The van der Waals surface area contributed by atoms with Gasteiger partial charge in [0.1, 0.15) is 0 Å². The van der Waals surface area contributed by atoms with Crippen molar-refractivity contribution in [1.29, 1.82) is 0 Å². The highest BCUT2D eigenvalue weighted by Crippen LogP contribution is 2.21. The number of aliphatic hydroxyl groups is 1. The van der Waals surface area contributed by atoms with Crippen molar-refractivity contribution in [3.05, 3.63) is 0 Å². The molecule has 0 saturated heterocycles. The maximum atomic E-state index is 9.28. The molecule has 0 bridgehead atoms. The molecule has 78 valence electrons. The zero-order valence-electron chi connectivity index (χ0n) is 8.37. The lowest BCUT2D eigenvalue weighted by Gasteiger charge is -2.25. The monoisotopic (exact) mass is 204 g/mol. The van der Waals surface area contributed by atoms with Crippen LogP contribution in [0.25, 0.3) is 0 Å². The lowest BCUT2D eigenvalue weighted by atomic mass is 9.95. The highest BCUT2D eigenvalue weighted by molar-refractivity contribution is 7.98. The maximum Gasteiger partial charge on any atom is 0.0577 e. The van der Waals surface area contributed by atoms with Gasteiger partial charge >= 0.3 is 0 Å². The van der Waals surface area contributed by atoms with Gasteiger partial charge < -0.3 is 9.84 Å². The minimum Gasteiger partial charge on any atom is -0.393 e. The molecule has 0 radical (unpaired) electrons. The van der Waals surface area contributed by atoms with Crippen LogP contribution in [0.3, 0.4) is 0 Å². The van der Waals surface area contributed by atoms with Crippen molar-refractivity contribution in [2.24, 2.45) is 0 Å². The first kappa shape index (κ1) is 11.3. The normalized spacial score (nSPS) is 29.1. The highest BCUT2D eigenvalue weighted by Gasteiger charge is 2.19. The summed E-state index contributed by atoms with van der Waals surface area (Å²) >= 11 is 1.87. The van der Waals surface area contributed by atoms with Crippen LogP contribution in [0, 0.1) is 0 Å². The van der Waals surface area contributed by atoms with Crippen molar-refractivity contribution in [1.82, 2.24) is 0 Å². The third-order valence-electron chi connectivity index (χ3n) is 2.49. The molecular formula is C10H20O2S. The summed E-state index contributed by atoms with van der Waals surface area (Å²) in [6.45, 7) is 0.890. The van der Waals surface area contributed by atoms with E-state index < -0.39 is 0 Å². The van der Waals surface area contributed by atoms with Crippen LogP contribution in [0.4, 0.5) is 0 Å². The van der Waals surface area contributed by atoms with Gasteiger partial charge in [-0.3, -0.25) is 0 Å². The minimum absolute atomic E-state index is 0.0638.